The van der Waals surface area contributed by atoms with Gasteiger partial charge < -0.3 is 9.32 Å². The molecule has 90 valence electrons. The Balaban J connectivity index is 1.76. The van der Waals surface area contributed by atoms with Crippen LogP contribution in [0.5, 0.6) is 0 Å². The molecule has 4 rings (SSSR count). The summed E-state index contributed by atoms with van der Waals surface area (Å²) in [5.74, 6) is 0.0902. The van der Waals surface area contributed by atoms with E-state index in [2.05, 4.69) is 24.3 Å². The first-order chi connectivity index (χ1) is 8.86. The Labute approximate surface area is 105 Å². The molecule has 1 amide bonds. The fourth-order valence-electron chi connectivity index (χ4n) is 3.36. The molecule has 1 saturated heterocycles. The Hall–Kier alpha value is -2.03. The zero-order chi connectivity index (χ0) is 12.1. The number of hydrogen-bond acceptors (Lipinski definition) is 2. The molecule has 2 aromatic rings. The van der Waals surface area contributed by atoms with Gasteiger partial charge in [0, 0.05) is 0 Å². The number of furan rings is 1. The molecule has 1 aromatic heterocycles. The molecule has 3 heteroatoms. The molecular formula is C15H13NO2. The Morgan fingerprint density at radius 1 is 1.11 bits per heavy atom. The molecular weight excluding hydrogens is 226 g/mol. The van der Waals surface area contributed by atoms with E-state index in [4.69, 9.17) is 4.42 Å². The number of nitrogens with zero attached hydrogens (tertiary/aromatic N) is 1. The van der Waals surface area contributed by atoms with Crippen molar-refractivity contribution in [3.63, 3.8) is 0 Å². The van der Waals surface area contributed by atoms with Crippen LogP contribution < -0.4 is 0 Å². The molecule has 3 nitrogen and oxygen atoms in total. The van der Waals surface area contributed by atoms with Gasteiger partial charge in [0.2, 0.25) is 0 Å². The third-order valence-electron chi connectivity index (χ3n) is 4.10. The lowest BCUT2D eigenvalue weighted by Crippen LogP contribution is -2.27. The van der Waals surface area contributed by atoms with Gasteiger partial charge in [-0.05, 0) is 30.0 Å². The van der Waals surface area contributed by atoms with E-state index in [1.165, 1.54) is 17.4 Å². The summed E-state index contributed by atoms with van der Waals surface area (Å²) in [6, 6.07) is 10.7. The number of carbonyl (C=O) groups excluding carboxylic acids is 1. The topological polar surface area (TPSA) is 33.5 Å². The van der Waals surface area contributed by atoms with E-state index in [-0.39, 0.29) is 18.0 Å². The van der Waals surface area contributed by atoms with Crippen LogP contribution in [0, 0.1) is 0 Å². The highest BCUT2D eigenvalue weighted by atomic mass is 16.3. The van der Waals surface area contributed by atoms with E-state index in [9.17, 15) is 4.79 Å². The fourth-order valence-corrected chi connectivity index (χ4v) is 3.36. The number of rotatable bonds is 1. The summed E-state index contributed by atoms with van der Waals surface area (Å²) < 4.78 is 5.02. The van der Waals surface area contributed by atoms with Crippen molar-refractivity contribution in [1.29, 1.82) is 0 Å². The number of benzene rings is 1. The van der Waals surface area contributed by atoms with E-state index in [1.807, 2.05) is 4.90 Å². The maximum atomic E-state index is 12.5. The Morgan fingerprint density at radius 2 is 1.78 bits per heavy atom. The summed E-state index contributed by atoms with van der Waals surface area (Å²) >= 11 is 0. The van der Waals surface area contributed by atoms with Crippen LogP contribution in [0.4, 0.5) is 0 Å². The molecule has 2 atom stereocenters. The molecule has 3 heterocycles. The molecule has 1 aromatic carbocycles. The summed E-state index contributed by atoms with van der Waals surface area (Å²) in [7, 11) is 0. The van der Waals surface area contributed by atoms with E-state index in [0.717, 1.165) is 12.8 Å². The predicted molar refractivity (Wildman–Crippen MR) is 66.0 cm³/mol. The first-order valence-corrected chi connectivity index (χ1v) is 6.30. The van der Waals surface area contributed by atoms with Crippen LogP contribution >= 0.6 is 0 Å². The quantitative estimate of drug-likeness (QED) is 0.765. The summed E-state index contributed by atoms with van der Waals surface area (Å²) in [6.45, 7) is 0. The number of amides is 1. The van der Waals surface area contributed by atoms with Crippen LogP contribution in [0.2, 0.25) is 0 Å². The van der Waals surface area contributed by atoms with Crippen molar-refractivity contribution in [3.05, 3.63) is 59.5 Å². The van der Waals surface area contributed by atoms with Crippen molar-refractivity contribution in [2.24, 2.45) is 0 Å². The maximum Gasteiger partial charge on any atom is 0.258 e. The molecule has 0 N–H and O–H groups in total. The maximum absolute atomic E-state index is 12.5. The van der Waals surface area contributed by atoms with E-state index < -0.39 is 0 Å². The van der Waals surface area contributed by atoms with Crippen molar-refractivity contribution in [3.8, 4) is 0 Å². The van der Waals surface area contributed by atoms with E-state index >= 15 is 0 Å². The van der Waals surface area contributed by atoms with Crippen LogP contribution in [0.15, 0.2) is 47.3 Å². The predicted octanol–water partition coefficient (Wildman–Crippen LogP) is 3.31. The van der Waals surface area contributed by atoms with Crippen LogP contribution in [-0.4, -0.2) is 10.8 Å². The Kier molecular flexibility index (Phi) is 1.92. The summed E-state index contributed by atoms with van der Waals surface area (Å²) in [4.78, 5) is 14.5. The number of fused-ring (bicyclic) bond motifs is 5. The van der Waals surface area contributed by atoms with Crippen molar-refractivity contribution in [1.82, 2.24) is 4.90 Å². The van der Waals surface area contributed by atoms with Gasteiger partial charge in [-0.25, -0.2) is 0 Å². The minimum Gasteiger partial charge on any atom is -0.472 e. The fraction of sp³-hybridized carbons (Fsp3) is 0.267. The second kappa shape index (κ2) is 3.48. The lowest BCUT2D eigenvalue weighted by Gasteiger charge is -2.21. The Morgan fingerprint density at radius 3 is 2.33 bits per heavy atom. The third-order valence-corrected chi connectivity index (χ3v) is 4.10. The first kappa shape index (κ1) is 9.95. The lowest BCUT2D eigenvalue weighted by atomic mass is 9.92. The smallest absolute Gasteiger partial charge is 0.258 e. The van der Waals surface area contributed by atoms with Gasteiger partial charge in [0.25, 0.3) is 5.91 Å². The molecule has 2 bridgehead atoms. The number of carbonyl (C=O) groups is 1. The van der Waals surface area contributed by atoms with Crippen LogP contribution in [0.25, 0.3) is 0 Å². The zero-order valence-electron chi connectivity index (χ0n) is 9.87. The highest BCUT2D eigenvalue weighted by Gasteiger charge is 2.46. The first-order valence-electron chi connectivity index (χ1n) is 6.30. The molecule has 2 unspecified atom stereocenters. The minimum absolute atomic E-state index is 0.0902. The normalized spacial score (nSPS) is 24.3. The van der Waals surface area contributed by atoms with Crippen LogP contribution in [0.3, 0.4) is 0 Å². The van der Waals surface area contributed by atoms with Crippen LogP contribution in [0.1, 0.15) is 46.4 Å². The van der Waals surface area contributed by atoms with Gasteiger partial charge in [0.15, 0.2) is 0 Å². The van der Waals surface area contributed by atoms with Crippen molar-refractivity contribution in [2.45, 2.75) is 24.9 Å². The zero-order valence-corrected chi connectivity index (χ0v) is 9.87. The molecule has 0 aliphatic carbocycles. The van der Waals surface area contributed by atoms with Gasteiger partial charge in [0.05, 0.1) is 23.9 Å². The third kappa shape index (κ3) is 1.16. The van der Waals surface area contributed by atoms with E-state index in [0.29, 0.717) is 5.56 Å². The molecule has 2 aliphatic heterocycles. The molecule has 1 fully saturated rings. The van der Waals surface area contributed by atoms with E-state index in [1.54, 1.807) is 12.3 Å². The lowest BCUT2D eigenvalue weighted by molar-refractivity contribution is 0.0696. The summed E-state index contributed by atoms with van der Waals surface area (Å²) in [5, 5.41) is 0. The van der Waals surface area contributed by atoms with Gasteiger partial charge >= 0.3 is 0 Å². The van der Waals surface area contributed by atoms with Gasteiger partial charge in [-0.15, -0.1) is 0 Å². The molecule has 0 saturated carbocycles. The van der Waals surface area contributed by atoms with Crippen LogP contribution in [-0.2, 0) is 0 Å². The summed E-state index contributed by atoms with van der Waals surface area (Å²) in [6.07, 6.45) is 5.24. The minimum atomic E-state index is 0.0902. The monoisotopic (exact) mass is 239 g/mol. The van der Waals surface area contributed by atoms with Crippen molar-refractivity contribution in [2.75, 3.05) is 0 Å². The van der Waals surface area contributed by atoms with Gasteiger partial charge in [-0.3, -0.25) is 4.79 Å². The van der Waals surface area contributed by atoms with Crippen molar-refractivity contribution >= 4 is 5.91 Å². The highest BCUT2D eigenvalue weighted by Crippen LogP contribution is 2.53. The average Bonchev–Trinajstić information content (AvgIpc) is 3.13. The highest BCUT2D eigenvalue weighted by molar-refractivity contribution is 5.95. The average molecular weight is 239 g/mol. The summed E-state index contributed by atoms with van der Waals surface area (Å²) in [5.41, 5.74) is 3.30. The molecule has 2 aliphatic rings. The van der Waals surface area contributed by atoms with Gasteiger partial charge in [-0.1, -0.05) is 24.3 Å². The van der Waals surface area contributed by atoms with Gasteiger partial charge in [0.1, 0.15) is 6.26 Å². The molecule has 18 heavy (non-hydrogen) atoms. The Bertz CT molecular complexity index is 572. The van der Waals surface area contributed by atoms with Crippen molar-refractivity contribution < 1.29 is 9.21 Å². The molecule has 0 radical (unpaired) electrons. The number of hydrogen-bond donors (Lipinski definition) is 0. The second-order valence-electron chi connectivity index (χ2n) is 4.96. The molecule has 0 spiro atoms. The SMILES string of the molecule is O=C(c1ccoc1)N1C2CCC1c1ccccc12. The standard InChI is InChI=1S/C15H13NO2/c17-15(10-7-8-18-9-10)16-13-5-6-14(16)12-4-2-1-3-11(12)13/h1-4,7-9,13-14H,5-6H2. The largest absolute Gasteiger partial charge is 0.472 e. The second-order valence-corrected chi connectivity index (χ2v) is 4.96. The van der Waals surface area contributed by atoms with Gasteiger partial charge in [-0.2, -0.15) is 0 Å².